The van der Waals surface area contributed by atoms with Crippen molar-refractivity contribution in [2.45, 2.75) is 46.6 Å². The summed E-state index contributed by atoms with van der Waals surface area (Å²) >= 11 is 0. The summed E-state index contributed by atoms with van der Waals surface area (Å²) in [5, 5.41) is 0. The van der Waals surface area contributed by atoms with Gasteiger partial charge in [-0.1, -0.05) is 20.8 Å². The van der Waals surface area contributed by atoms with Crippen molar-refractivity contribution in [2.75, 3.05) is 6.54 Å². The van der Waals surface area contributed by atoms with Gasteiger partial charge >= 0.3 is 0 Å². The summed E-state index contributed by atoms with van der Waals surface area (Å²) in [5.74, 6) is 0.657. The second-order valence-electron chi connectivity index (χ2n) is 4.64. The molecule has 0 aliphatic carbocycles. The molecule has 0 aromatic carbocycles. The van der Waals surface area contributed by atoms with Crippen molar-refractivity contribution in [3.05, 3.63) is 0 Å². The average molecular weight is 185 g/mol. The second kappa shape index (κ2) is 5.22. The molecule has 4 N–H and O–H groups in total. The Balaban J connectivity index is 3.60. The molecule has 0 aliphatic heterocycles. The molecule has 1 atom stereocenters. The van der Waals surface area contributed by atoms with Crippen LogP contribution in [0.5, 0.6) is 0 Å². The molecule has 0 rings (SSSR count). The third kappa shape index (κ3) is 6.58. The SMILES string of the molecule is CC(N)=NCCCC(N)C(C)(C)C. The van der Waals surface area contributed by atoms with Crippen molar-refractivity contribution < 1.29 is 0 Å². The Morgan fingerprint density at radius 3 is 2.31 bits per heavy atom. The van der Waals surface area contributed by atoms with E-state index in [9.17, 15) is 0 Å². The molecular formula is C10H23N3. The van der Waals surface area contributed by atoms with Crippen LogP contribution >= 0.6 is 0 Å². The van der Waals surface area contributed by atoms with Gasteiger partial charge in [0.15, 0.2) is 0 Å². The maximum Gasteiger partial charge on any atom is 0.0905 e. The lowest BCUT2D eigenvalue weighted by atomic mass is 9.85. The highest BCUT2D eigenvalue weighted by atomic mass is 14.8. The molecule has 0 bridgehead atoms. The zero-order chi connectivity index (χ0) is 10.5. The molecule has 13 heavy (non-hydrogen) atoms. The van der Waals surface area contributed by atoms with Gasteiger partial charge in [0.05, 0.1) is 5.84 Å². The standard InChI is InChI=1S/C10H23N3/c1-8(11)13-7-5-6-9(12)10(2,3)4/h9H,5-7,12H2,1-4H3,(H2,11,13). The van der Waals surface area contributed by atoms with Crippen molar-refractivity contribution >= 4 is 5.84 Å². The summed E-state index contributed by atoms with van der Waals surface area (Å²) in [7, 11) is 0. The van der Waals surface area contributed by atoms with Crippen molar-refractivity contribution in [3.63, 3.8) is 0 Å². The smallest absolute Gasteiger partial charge is 0.0905 e. The van der Waals surface area contributed by atoms with Gasteiger partial charge in [-0.25, -0.2) is 0 Å². The Morgan fingerprint density at radius 2 is 1.92 bits per heavy atom. The predicted molar refractivity (Wildman–Crippen MR) is 58.8 cm³/mol. The number of nitrogens with zero attached hydrogens (tertiary/aromatic N) is 1. The highest BCUT2D eigenvalue weighted by molar-refractivity contribution is 5.77. The minimum absolute atomic E-state index is 0.196. The van der Waals surface area contributed by atoms with Crippen LogP contribution in [0, 0.1) is 5.41 Å². The molecule has 0 spiro atoms. The van der Waals surface area contributed by atoms with Crippen LogP contribution in [0.25, 0.3) is 0 Å². The van der Waals surface area contributed by atoms with Crippen LogP contribution < -0.4 is 11.5 Å². The Hall–Kier alpha value is -0.570. The fraction of sp³-hybridized carbons (Fsp3) is 0.900. The maximum absolute atomic E-state index is 5.99. The van der Waals surface area contributed by atoms with E-state index in [4.69, 9.17) is 11.5 Å². The highest BCUT2D eigenvalue weighted by Gasteiger charge is 2.19. The molecular weight excluding hydrogens is 162 g/mol. The Labute approximate surface area is 81.6 Å². The molecule has 3 nitrogen and oxygen atoms in total. The van der Waals surface area contributed by atoms with Crippen LogP contribution in [0.1, 0.15) is 40.5 Å². The number of rotatable bonds is 4. The maximum atomic E-state index is 5.99. The van der Waals surface area contributed by atoms with E-state index in [-0.39, 0.29) is 11.5 Å². The molecule has 78 valence electrons. The van der Waals surface area contributed by atoms with E-state index < -0.39 is 0 Å². The van der Waals surface area contributed by atoms with E-state index >= 15 is 0 Å². The van der Waals surface area contributed by atoms with E-state index in [0.29, 0.717) is 5.84 Å². The first-order valence-electron chi connectivity index (χ1n) is 4.86. The van der Waals surface area contributed by atoms with Gasteiger partial charge in [0, 0.05) is 12.6 Å². The van der Waals surface area contributed by atoms with Gasteiger partial charge < -0.3 is 11.5 Å². The third-order valence-corrected chi connectivity index (χ3v) is 2.15. The molecule has 0 saturated heterocycles. The number of hydrogen-bond donors (Lipinski definition) is 2. The van der Waals surface area contributed by atoms with Crippen LogP contribution in [-0.4, -0.2) is 18.4 Å². The molecule has 0 aromatic rings. The summed E-state index contributed by atoms with van der Waals surface area (Å²) in [5.41, 5.74) is 11.6. The third-order valence-electron chi connectivity index (χ3n) is 2.15. The quantitative estimate of drug-likeness (QED) is 0.396. The van der Waals surface area contributed by atoms with E-state index in [2.05, 4.69) is 25.8 Å². The minimum atomic E-state index is 0.196. The summed E-state index contributed by atoms with van der Waals surface area (Å²) in [6.07, 6.45) is 2.03. The van der Waals surface area contributed by atoms with E-state index in [0.717, 1.165) is 19.4 Å². The van der Waals surface area contributed by atoms with Crippen molar-refractivity contribution in [2.24, 2.45) is 21.9 Å². The lowest BCUT2D eigenvalue weighted by molar-refractivity contribution is 0.302. The number of nitrogens with two attached hydrogens (primary N) is 2. The molecule has 3 heteroatoms. The molecule has 0 aromatic heterocycles. The molecule has 0 heterocycles. The van der Waals surface area contributed by atoms with Gasteiger partial charge in [0.1, 0.15) is 0 Å². The number of aliphatic imine (C=N–C) groups is 1. The molecule has 0 fully saturated rings. The first kappa shape index (κ1) is 12.4. The first-order chi connectivity index (χ1) is 5.84. The molecule has 0 radical (unpaired) electrons. The summed E-state index contributed by atoms with van der Waals surface area (Å²) in [6.45, 7) is 9.09. The van der Waals surface area contributed by atoms with E-state index in [1.54, 1.807) is 0 Å². The van der Waals surface area contributed by atoms with Gasteiger partial charge in [-0.05, 0) is 25.2 Å². The first-order valence-corrected chi connectivity index (χ1v) is 4.86. The van der Waals surface area contributed by atoms with Crippen LogP contribution in [0.2, 0.25) is 0 Å². The van der Waals surface area contributed by atoms with Crippen LogP contribution in [0.4, 0.5) is 0 Å². The second-order valence-corrected chi connectivity index (χ2v) is 4.64. The van der Waals surface area contributed by atoms with Crippen molar-refractivity contribution in [1.82, 2.24) is 0 Å². The van der Waals surface area contributed by atoms with Crippen molar-refractivity contribution in [1.29, 1.82) is 0 Å². The van der Waals surface area contributed by atoms with E-state index in [1.165, 1.54) is 0 Å². The zero-order valence-electron chi connectivity index (χ0n) is 9.30. The number of amidine groups is 1. The topological polar surface area (TPSA) is 64.4 Å². The fourth-order valence-electron chi connectivity index (χ4n) is 1.000. The summed E-state index contributed by atoms with van der Waals surface area (Å²) in [6, 6.07) is 0.251. The monoisotopic (exact) mass is 185 g/mol. The fourth-order valence-corrected chi connectivity index (χ4v) is 1.000. The van der Waals surface area contributed by atoms with Crippen LogP contribution in [-0.2, 0) is 0 Å². The average Bonchev–Trinajstić information content (AvgIpc) is 1.95. The van der Waals surface area contributed by atoms with Gasteiger partial charge in [-0.2, -0.15) is 0 Å². The highest BCUT2D eigenvalue weighted by Crippen LogP contribution is 2.20. The summed E-state index contributed by atoms with van der Waals surface area (Å²) < 4.78 is 0. The molecule has 0 aliphatic rings. The Kier molecular flexibility index (Phi) is 4.99. The molecule has 1 unspecified atom stereocenters. The normalized spacial score (nSPS) is 15.9. The van der Waals surface area contributed by atoms with Gasteiger partial charge in [-0.15, -0.1) is 0 Å². The van der Waals surface area contributed by atoms with E-state index in [1.807, 2.05) is 6.92 Å². The molecule has 0 saturated carbocycles. The van der Waals surface area contributed by atoms with Gasteiger partial charge in [0.25, 0.3) is 0 Å². The Bertz CT molecular complexity index is 163. The largest absolute Gasteiger partial charge is 0.388 e. The molecule has 0 amide bonds. The van der Waals surface area contributed by atoms with Crippen molar-refractivity contribution in [3.8, 4) is 0 Å². The predicted octanol–water partition coefficient (Wildman–Crippen LogP) is 1.52. The van der Waals surface area contributed by atoms with Gasteiger partial charge in [0.2, 0.25) is 0 Å². The zero-order valence-corrected chi connectivity index (χ0v) is 9.30. The number of hydrogen-bond acceptors (Lipinski definition) is 2. The van der Waals surface area contributed by atoms with Crippen LogP contribution in [0.15, 0.2) is 4.99 Å². The lowest BCUT2D eigenvalue weighted by Crippen LogP contribution is -2.34. The minimum Gasteiger partial charge on any atom is -0.388 e. The Morgan fingerprint density at radius 1 is 1.38 bits per heavy atom. The summed E-state index contributed by atoms with van der Waals surface area (Å²) in [4.78, 5) is 4.12. The lowest BCUT2D eigenvalue weighted by Gasteiger charge is -2.26. The van der Waals surface area contributed by atoms with Gasteiger partial charge in [-0.3, -0.25) is 4.99 Å². The van der Waals surface area contributed by atoms with Crippen LogP contribution in [0.3, 0.4) is 0 Å².